The average molecular weight is 468 g/mol. The number of rotatable bonds is 8. The fourth-order valence-corrected chi connectivity index (χ4v) is 5.89. The third kappa shape index (κ3) is 5.66. The number of amides is 1. The third-order valence-corrected chi connectivity index (χ3v) is 7.80. The van der Waals surface area contributed by atoms with E-state index in [2.05, 4.69) is 87.9 Å². The molecule has 0 saturated carbocycles. The van der Waals surface area contributed by atoms with Gasteiger partial charge in [-0.1, -0.05) is 72.8 Å². The quantitative estimate of drug-likeness (QED) is 0.510. The smallest absolute Gasteiger partial charge is 0.254 e. The summed E-state index contributed by atoms with van der Waals surface area (Å²) in [7, 11) is 1.97. The Bertz CT molecular complexity index is 1100. The molecule has 4 heteroatoms. The molecule has 0 radical (unpaired) electrons. The molecule has 5 rings (SSSR count). The standard InChI is InChI=1S/C31H37N3O/c1-32-17-15-24-9-8-14-27(19-24)31(35)34-22-29(26-12-6-3-7-13-26)20-30(34)23-33-18-16-28(21-33)25-10-4-2-5-11-25/h2-14,19,28-30,32H,15-18,20-23H2,1H3/t28-,29-,30-/m0/s1. The van der Waals surface area contributed by atoms with Crippen molar-refractivity contribution in [3.63, 3.8) is 0 Å². The maximum atomic E-state index is 13.8. The second-order valence-electron chi connectivity index (χ2n) is 10.2. The molecule has 2 heterocycles. The summed E-state index contributed by atoms with van der Waals surface area (Å²) in [5.41, 5.74) is 4.82. The van der Waals surface area contributed by atoms with Crippen LogP contribution < -0.4 is 5.32 Å². The van der Waals surface area contributed by atoms with E-state index >= 15 is 0 Å². The first-order valence-corrected chi connectivity index (χ1v) is 13.1. The summed E-state index contributed by atoms with van der Waals surface area (Å²) in [5.74, 6) is 1.17. The van der Waals surface area contributed by atoms with Crippen LogP contribution in [0, 0.1) is 0 Å². The summed E-state index contributed by atoms with van der Waals surface area (Å²) in [6.07, 6.45) is 3.16. The Kier molecular flexibility index (Phi) is 7.60. The van der Waals surface area contributed by atoms with Crippen LogP contribution in [-0.2, 0) is 6.42 Å². The van der Waals surface area contributed by atoms with Gasteiger partial charge >= 0.3 is 0 Å². The lowest BCUT2D eigenvalue weighted by Gasteiger charge is -2.29. The van der Waals surface area contributed by atoms with Crippen LogP contribution in [0.25, 0.3) is 0 Å². The highest BCUT2D eigenvalue weighted by Gasteiger charge is 2.38. The van der Waals surface area contributed by atoms with Gasteiger partial charge in [0.2, 0.25) is 0 Å². The Labute approximate surface area is 210 Å². The molecule has 3 aromatic carbocycles. The highest BCUT2D eigenvalue weighted by atomic mass is 16.2. The molecule has 2 saturated heterocycles. The van der Waals surface area contributed by atoms with Crippen molar-refractivity contribution in [1.29, 1.82) is 0 Å². The Morgan fingerprint density at radius 3 is 2.31 bits per heavy atom. The Morgan fingerprint density at radius 2 is 1.60 bits per heavy atom. The van der Waals surface area contributed by atoms with Crippen LogP contribution in [-0.4, -0.2) is 61.5 Å². The van der Waals surface area contributed by atoms with Crippen molar-refractivity contribution < 1.29 is 4.79 Å². The zero-order chi connectivity index (χ0) is 24.0. The predicted octanol–water partition coefficient (Wildman–Crippen LogP) is 4.94. The minimum Gasteiger partial charge on any atom is -0.334 e. The van der Waals surface area contributed by atoms with Crippen LogP contribution in [0.4, 0.5) is 0 Å². The van der Waals surface area contributed by atoms with E-state index in [0.29, 0.717) is 11.8 Å². The van der Waals surface area contributed by atoms with Crippen molar-refractivity contribution in [3.05, 3.63) is 107 Å². The maximum Gasteiger partial charge on any atom is 0.254 e. The summed E-state index contributed by atoms with van der Waals surface area (Å²) in [4.78, 5) is 18.6. The van der Waals surface area contributed by atoms with Gasteiger partial charge in [0.05, 0.1) is 0 Å². The topological polar surface area (TPSA) is 35.6 Å². The predicted molar refractivity (Wildman–Crippen MR) is 143 cm³/mol. The van der Waals surface area contributed by atoms with Gasteiger partial charge in [-0.3, -0.25) is 4.79 Å². The molecule has 4 nitrogen and oxygen atoms in total. The van der Waals surface area contributed by atoms with E-state index in [-0.39, 0.29) is 11.9 Å². The molecule has 0 aromatic heterocycles. The molecule has 2 fully saturated rings. The molecule has 0 spiro atoms. The number of carbonyl (C=O) groups excluding carboxylic acids is 1. The molecule has 3 atom stereocenters. The van der Waals surface area contributed by atoms with Crippen LogP contribution in [0.2, 0.25) is 0 Å². The number of nitrogens with zero attached hydrogens (tertiary/aromatic N) is 2. The number of hydrogen-bond acceptors (Lipinski definition) is 3. The lowest BCUT2D eigenvalue weighted by atomic mass is 9.96. The molecular formula is C31H37N3O. The van der Waals surface area contributed by atoms with Gasteiger partial charge in [-0.25, -0.2) is 0 Å². The SMILES string of the molecule is CNCCc1cccc(C(=O)N2C[C@@H](c3ccccc3)C[C@H]2CN2CC[C@H](c3ccccc3)C2)c1. The molecule has 1 amide bonds. The van der Waals surface area contributed by atoms with E-state index < -0.39 is 0 Å². The first-order valence-electron chi connectivity index (χ1n) is 13.1. The third-order valence-electron chi connectivity index (χ3n) is 7.80. The van der Waals surface area contributed by atoms with Crippen LogP contribution in [0.1, 0.15) is 51.7 Å². The first-order chi connectivity index (χ1) is 17.2. The molecule has 2 aliphatic heterocycles. The normalized spacial score (nSPS) is 22.5. The first kappa shape index (κ1) is 23.8. The average Bonchev–Trinajstić information content (AvgIpc) is 3.56. The maximum absolute atomic E-state index is 13.8. The van der Waals surface area contributed by atoms with Gasteiger partial charge in [0.1, 0.15) is 0 Å². The fourth-order valence-electron chi connectivity index (χ4n) is 5.89. The molecule has 2 aliphatic rings. The molecule has 0 unspecified atom stereocenters. The summed E-state index contributed by atoms with van der Waals surface area (Å²) in [6.45, 7) is 4.85. The highest BCUT2D eigenvalue weighted by Crippen LogP contribution is 2.35. The largest absolute Gasteiger partial charge is 0.334 e. The van der Waals surface area contributed by atoms with Crippen molar-refractivity contribution >= 4 is 5.91 Å². The van der Waals surface area contributed by atoms with Crippen LogP contribution in [0.15, 0.2) is 84.9 Å². The molecule has 3 aromatic rings. The summed E-state index contributed by atoms with van der Waals surface area (Å²) < 4.78 is 0. The summed E-state index contributed by atoms with van der Waals surface area (Å²) in [5, 5.41) is 3.21. The number of carbonyl (C=O) groups is 1. The molecule has 0 bridgehead atoms. The fraction of sp³-hybridized carbons (Fsp3) is 0.387. The second kappa shape index (κ2) is 11.2. The van der Waals surface area contributed by atoms with Gasteiger partial charge in [-0.2, -0.15) is 0 Å². The second-order valence-corrected chi connectivity index (χ2v) is 10.2. The van der Waals surface area contributed by atoms with Gasteiger partial charge < -0.3 is 15.1 Å². The van der Waals surface area contributed by atoms with Gasteiger partial charge in [-0.15, -0.1) is 0 Å². The molecule has 0 aliphatic carbocycles. The van der Waals surface area contributed by atoms with E-state index in [4.69, 9.17) is 0 Å². The van der Waals surface area contributed by atoms with Crippen LogP contribution in [0.3, 0.4) is 0 Å². The van der Waals surface area contributed by atoms with Crippen molar-refractivity contribution in [2.24, 2.45) is 0 Å². The van der Waals surface area contributed by atoms with Gasteiger partial charge in [0.25, 0.3) is 5.91 Å². The number of hydrogen-bond donors (Lipinski definition) is 1. The van der Waals surface area contributed by atoms with E-state index in [0.717, 1.165) is 51.1 Å². The minimum atomic E-state index is 0.179. The molecule has 1 N–H and O–H groups in total. The lowest BCUT2D eigenvalue weighted by molar-refractivity contribution is 0.0707. The van der Waals surface area contributed by atoms with E-state index in [1.165, 1.54) is 23.1 Å². The number of benzene rings is 3. The highest BCUT2D eigenvalue weighted by molar-refractivity contribution is 5.95. The Balaban J connectivity index is 1.33. The zero-order valence-electron chi connectivity index (χ0n) is 20.8. The van der Waals surface area contributed by atoms with Crippen molar-refractivity contribution in [1.82, 2.24) is 15.1 Å². The lowest BCUT2D eigenvalue weighted by Crippen LogP contribution is -2.42. The zero-order valence-corrected chi connectivity index (χ0v) is 20.8. The van der Waals surface area contributed by atoms with E-state index in [9.17, 15) is 4.79 Å². The van der Waals surface area contributed by atoms with Crippen LogP contribution in [0.5, 0.6) is 0 Å². The minimum absolute atomic E-state index is 0.179. The van der Waals surface area contributed by atoms with Crippen molar-refractivity contribution in [2.45, 2.75) is 37.1 Å². The number of likely N-dealkylation sites (tertiary alicyclic amines) is 2. The number of likely N-dealkylation sites (N-methyl/N-ethyl adjacent to an activating group) is 1. The van der Waals surface area contributed by atoms with E-state index in [1.54, 1.807) is 0 Å². The monoisotopic (exact) mass is 467 g/mol. The van der Waals surface area contributed by atoms with E-state index in [1.807, 2.05) is 19.2 Å². The van der Waals surface area contributed by atoms with Gasteiger partial charge in [-0.05, 0) is 74.1 Å². The van der Waals surface area contributed by atoms with Gasteiger partial charge in [0.15, 0.2) is 0 Å². The molecule has 182 valence electrons. The van der Waals surface area contributed by atoms with Crippen molar-refractivity contribution in [3.8, 4) is 0 Å². The summed E-state index contributed by atoms with van der Waals surface area (Å²) in [6, 6.07) is 30.1. The van der Waals surface area contributed by atoms with Crippen LogP contribution >= 0.6 is 0 Å². The van der Waals surface area contributed by atoms with Crippen molar-refractivity contribution in [2.75, 3.05) is 39.8 Å². The Morgan fingerprint density at radius 1 is 0.886 bits per heavy atom. The summed E-state index contributed by atoms with van der Waals surface area (Å²) >= 11 is 0. The Hall–Kier alpha value is -2.95. The molecular weight excluding hydrogens is 430 g/mol. The molecule has 35 heavy (non-hydrogen) atoms. The van der Waals surface area contributed by atoms with Gasteiger partial charge in [0, 0.05) is 37.2 Å². The number of nitrogens with one attached hydrogen (secondary N) is 1.